The van der Waals surface area contributed by atoms with E-state index in [-0.39, 0.29) is 11.4 Å². The lowest BCUT2D eigenvalue weighted by atomic mass is 10.1. The molecule has 94 valence electrons. The van der Waals surface area contributed by atoms with Crippen molar-refractivity contribution >= 4 is 11.9 Å². The quantitative estimate of drug-likeness (QED) is 0.831. The number of anilines is 1. The van der Waals surface area contributed by atoms with Gasteiger partial charge in [-0.15, -0.1) is 0 Å². The lowest BCUT2D eigenvalue weighted by Gasteiger charge is -2.20. The van der Waals surface area contributed by atoms with Crippen molar-refractivity contribution in [2.45, 2.75) is 39.7 Å². The molecule has 1 aromatic heterocycles. The van der Waals surface area contributed by atoms with Crippen molar-refractivity contribution in [3.63, 3.8) is 0 Å². The Balaban J connectivity index is 2.28. The van der Waals surface area contributed by atoms with Crippen LogP contribution in [0.15, 0.2) is 12.4 Å². The van der Waals surface area contributed by atoms with E-state index in [0.29, 0.717) is 18.9 Å². The van der Waals surface area contributed by atoms with Crippen molar-refractivity contribution in [2.24, 2.45) is 0 Å². The van der Waals surface area contributed by atoms with Gasteiger partial charge in [-0.25, -0.2) is 9.97 Å². The average Bonchev–Trinajstić information content (AvgIpc) is 2.18. The zero-order chi connectivity index (χ0) is 12.9. The zero-order valence-corrected chi connectivity index (χ0v) is 10.9. The second kappa shape index (κ2) is 5.61. The van der Waals surface area contributed by atoms with Crippen LogP contribution in [0.2, 0.25) is 0 Å². The molecule has 17 heavy (non-hydrogen) atoms. The number of carbonyl (C=O) groups is 1. The van der Waals surface area contributed by atoms with Crippen LogP contribution in [0.25, 0.3) is 0 Å². The summed E-state index contributed by atoms with van der Waals surface area (Å²) in [7, 11) is 0. The maximum atomic E-state index is 11.5. The molecule has 1 heterocycles. The van der Waals surface area contributed by atoms with Crippen molar-refractivity contribution in [1.82, 2.24) is 15.3 Å². The first-order valence-electron chi connectivity index (χ1n) is 5.70. The third-order valence-corrected chi connectivity index (χ3v) is 1.93. The Labute approximate surface area is 102 Å². The van der Waals surface area contributed by atoms with E-state index in [1.54, 1.807) is 12.4 Å². The first-order chi connectivity index (χ1) is 7.87. The largest absolute Gasteiger partial charge is 0.354 e. The molecule has 0 saturated heterocycles. The number of carbonyl (C=O) groups excluding carboxylic acids is 1. The number of nitrogens with one attached hydrogen (secondary N) is 2. The molecule has 0 atom stereocenters. The fourth-order valence-electron chi connectivity index (χ4n) is 1.25. The van der Waals surface area contributed by atoms with Gasteiger partial charge in [0.1, 0.15) is 0 Å². The predicted octanol–water partition coefficient (Wildman–Crippen LogP) is 1.50. The Morgan fingerprint density at radius 3 is 2.41 bits per heavy atom. The standard InChI is InChI=1S/C12H20N4O/c1-9-7-14-11(15-8-9)13-6-5-10(17)16-12(2,3)4/h7-8H,5-6H2,1-4H3,(H,16,17)(H,13,14,15). The van der Waals surface area contributed by atoms with E-state index in [9.17, 15) is 4.79 Å². The molecule has 0 saturated carbocycles. The second-order valence-electron chi connectivity index (χ2n) is 5.06. The Morgan fingerprint density at radius 2 is 1.88 bits per heavy atom. The summed E-state index contributed by atoms with van der Waals surface area (Å²) >= 11 is 0. The Kier molecular flexibility index (Phi) is 4.43. The van der Waals surface area contributed by atoms with E-state index < -0.39 is 0 Å². The highest BCUT2D eigenvalue weighted by Gasteiger charge is 2.12. The molecule has 5 heteroatoms. The van der Waals surface area contributed by atoms with Gasteiger partial charge in [0.2, 0.25) is 11.9 Å². The number of amides is 1. The van der Waals surface area contributed by atoms with Crippen LogP contribution in [0.5, 0.6) is 0 Å². The summed E-state index contributed by atoms with van der Waals surface area (Å²) in [6.45, 7) is 8.34. The predicted molar refractivity (Wildman–Crippen MR) is 67.8 cm³/mol. The molecule has 1 aromatic rings. The number of aryl methyl sites for hydroxylation is 1. The van der Waals surface area contributed by atoms with Gasteiger partial charge in [0, 0.05) is 30.9 Å². The average molecular weight is 236 g/mol. The third kappa shape index (κ3) is 5.85. The smallest absolute Gasteiger partial charge is 0.222 e. The van der Waals surface area contributed by atoms with Gasteiger partial charge >= 0.3 is 0 Å². The van der Waals surface area contributed by atoms with Gasteiger partial charge in [-0.2, -0.15) is 0 Å². The fourth-order valence-corrected chi connectivity index (χ4v) is 1.25. The first kappa shape index (κ1) is 13.4. The Morgan fingerprint density at radius 1 is 1.29 bits per heavy atom. The van der Waals surface area contributed by atoms with Crippen LogP contribution in [0.1, 0.15) is 32.8 Å². The molecule has 0 bridgehead atoms. The molecule has 1 amide bonds. The molecular weight excluding hydrogens is 216 g/mol. The van der Waals surface area contributed by atoms with E-state index >= 15 is 0 Å². The Bertz CT molecular complexity index is 367. The lowest BCUT2D eigenvalue weighted by molar-refractivity contribution is -0.122. The minimum Gasteiger partial charge on any atom is -0.354 e. The summed E-state index contributed by atoms with van der Waals surface area (Å²) in [5.41, 5.74) is 0.832. The van der Waals surface area contributed by atoms with E-state index in [1.807, 2.05) is 27.7 Å². The van der Waals surface area contributed by atoms with Gasteiger partial charge in [0.05, 0.1) is 0 Å². The highest BCUT2D eigenvalue weighted by atomic mass is 16.1. The van der Waals surface area contributed by atoms with Crippen LogP contribution in [-0.2, 0) is 4.79 Å². The maximum absolute atomic E-state index is 11.5. The number of aromatic nitrogens is 2. The number of nitrogens with zero attached hydrogens (tertiary/aromatic N) is 2. The molecule has 5 nitrogen and oxygen atoms in total. The van der Waals surface area contributed by atoms with Gasteiger partial charge in [0.15, 0.2) is 0 Å². The van der Waals surface area contributed by atoms with Crippen molar-refractivity contribution < 1.29 is 4.79 Å². The van der Waals surface area contributed by atoms with E-state index in [1.165, 1.54) is 0 Å². The van der Waals surface area contributed by atoms with Gasteiger partial charge in [-0.3, -0.25) is 4.79 Å². The molecule has 0 aromatic carbocycles. The highest BCUT2D eigenvalue weighted by molar-refractivity contribution is 5.77. The molecule has 0 aliphatic carbocycles. The van der Waals surface area contributed by atoms with Crippen LogP contribution in [-0.4, -0.2) is 28.0 Å². The molecule has 0 fully saturated rings. The van der Waals surface area contributed by atoms with Crippen LogP contribution in [0, 0.1) is 6.92 Å². The minimum atomic E-state index is -0.183. The SMILES string of the molecule is Cc1cnc(NCCC(=O)NC(C)(C)C)nc1. The van der Waals surface area contributed by atoms with Crippen molar-refractivity contribution in [1.29, 1.82) is 0 Å². The second-order valence-corrected chi connectivity index (χ2v) is 5.06. The Hall–Kier alpha value is -1.65. The van der Waals surface area contributed by atoms with Gasteiger partial charge < -0.3 is 10.6 Å². The minimum absolute atomic E-state index is 0.0251. The highest BCUT2D eigenvalue weighted by Crippen LogP contribution is 2.00. The molecule has 2 N–H and O–H groups in total. The van der Waals surface area contributed by atoms with Crippen LogP contribution in [0.4, 0.5) is 5.95 Å². The summed E-state index contributed by atoms with van der Waals surface area (Å²) in [4.78, 5) is 19.7. The molecule has 1 rings (SSSR count). The van der Waals surface area contributed by atoms with E-state index in [4.69, 9.17) is 0 Å². The summed E-state index contributed by atoms with van der Waals surface area (Å²) in [5.74, 6) is 0.580. The number of hydrogen-bond acceptors (Lipinski definition) is 4. The molecule has 0 aliphatic heterocycles. The normalized spacial score (nSPS) is 11.1. The van der Waals surface area contributed by atoms with Crippen molar-refractivity contribution in [3.05, 3.63) is 18.0 Å². The molecular formula is C12H20N4O. The molecule has 0 radical (unpaired) electrons. The monoisotopic (exact) mass is 236 g/mol. The zero-order valence-electron chi connectivity index (χ0n) is 10.9. The summed E-state index contributed by atoms with van der Waals surface area (Å²) < 4.78 is 0. The molecule has 0 spiro atoms. The molecule has 0 aliphatic rings. The summed E-state index contributed by atoms with van der Waals surface area (Å²) in [6, 6.07) is 0. The summed E-state index contributed by atoms with van der Waals surface area (Å²) in [5, 5.41) is 5.90. The van der Waals surface area contributed by atoms with Crippen molar-refractivity contribution in [3.8, 4) is 0 Å². The van der Waals surface area contributed by atoms with Crippen molar-refractivity contribution in [2.75, 3.05) is 11.9 Å². The van der Waals surface area contributed by atoms with Crippen LogP contribution in [0.3, 0.4) is 0 Å². The maximum Gasteiger partial charge on any atom is 0.222 e. The van der Waals surface area contributed by atoms with Crippen LogP contribution >= 0.6 is 0 Å². The van der Waals surface area contributed by atoms with Gasteiger partial charge in [0.25, 0.3) is 0 Å². The molecule has 0 unspecified atom stereocenters. The lowest BCUT2D eigenvalue weighted by Crippen LogP contribution is -2.41. The summed E-state index contributed by atoms with van der Waals surface area (Å²) in [6.07, 6.45) is 3.89. The fraction of sp³-hybridized carbons (Fsp3) is 0.583. The van der Waals surface area contributed by atoms with Crippen LogP contribution < -0.4 is 10.6 Å². The van der Waals surface area contributed by atoms with E-state index in [0.717, 1.165) is 5.56 Å². The van der Waals surface area contributed by atoms with E-state index in [2.05, 4.69) is 20.6 Å². The van der Waals surface area contributed by atoms with Gasteiger partial charge in [-0.1, -0.05) is 0 Å². The first-order valence-corrected chi connectivity index (χ1v) is 5.70. The van der Waals surface area contributed by atoms with Gasteiger partial charge in [-0.05, 0) is 33.3 Å². The third-order valence-electron chi connectivity index (χ3n) is 1.93. The number of hydrogen-bond donors (Lipinski definition) is 2. The topological polar surface area (TPSA) is 66.9 Å². The number of rotatable bonds is 4.